The summed E-state index contributed by atoms with van der Waals surface area (Å²) in [5.74, 6) is 0. The Hall–Kier alpha value is -0.830. The van der Waals surface area contributed by atoms with Gasteiger partial charge in [0.15, 0.2) is 0 Å². The van der Waals surface area contributed by atoms with Crippen LogP contribution in [0.25, 0.3) is 0 Å². The van der Waals surface area contributed by atoms with E-state index in [0.29, 0.717) is 0 Å². The molecular weight excluding hydrogens is 114 g/mol. The summed E-state index contributed by atoms with van der Waals surface area (Å²) in [6.07, 6.45) is 3.79. The molecule has 50 valence electrons. The van der Waals surface area contributed by atoms with Crippen LogP contribution in [0.3, 0.4) is 0 Å². The SMILES string of the molecule is [HH].c1ncn2c1CNCC2. The molecule has 0 bridgehead atoms. The summed E-state index contributed by atoms with van der Waals surface area (Å²) >= 11 is 0. The molecule has 0 spiro atoms. The highest BCUT2D eigenvalue weighted by Gasteiger charge is 2.04. The topological polar surface area (TPSA) is 29.9 Å². The molecule has 0 saturated carbocycles. The Balaban J connectivity index is 0.000000500. The van der Waals surface area contributed by atoms with E-state index in [1.807, 2.05) is 12.5 Å². The van der Waals surface area contributed by atoms with Crippen molar-refractivity contribution in [3.8, 4) is 0 Å². The first kappa shape index (κ1) is 4.99. The lowest BCUT2D eigenvalue weighted by molar-refractivity contribution is 0.516. The lowest BCUT2D eigenvalue weighted by Gasteiger charge is -2.14. The first-order chi connectivity index (χ1) is 4.47. The van der Waals surface area contributed by atoms with Crippen LogP contribution >= 0.6 is 0 Å². The maximum absolute atomic E-state index is 4.03. The number of rotatable bonds is 0. The Kier molecular flexibility index (Phi) is 1.02. The molecule has 2 rings (SSSR count). The van der Waals surface area contributed by atoms with E-state index >= 15 is 0 Å². The fourth-order valence-electron chi connectivity index (χ4n) is 1.11. The van der Waals surface area contributed by atoms with Crippen LogP contribution in [-0.4, -0.2) is 16.1 Å². The molecule has 0 aliphatic carbocycles. The van der Waals surface area contributed by atoms with Gasteiger partial charge >= 0.3 is 0 Å². The third-order valence-electron chi connectivity index (χ3n) is 1.63. The predicted octanol–water partition coefficient (Wildman–Crippen LogP) is 0.232. The highest BCUT2D eigenvalue weighted by atomic mass is 15.1. The summed E-state index contributed by atoms with van der Waals surface area (Å²) in [5, 5.41) is 3.27. The smallest absolute Gasteiger partial charge is 0.0949 e. The lowest BCUT2D eigenvalue weighted by Crippen LogP contribution is -2.27. The minimum absolute atomic E-state index is 0. The van der Waals surface area contributed by atoms with Gasteiger partial charge in [-0.2, -0.15) is 0 Å². The van der Waals surface area contributed by atoms with Crippen LogP contribution in [0.4, 0.5) is 0 Å². The molecule has 1 aromatic rings. The van der Waals surface area contributed by atoms with Gasteiger partial charge < -0.3 is 9.88 Å². The number of hydrogen-bond donors (Lipinski definition) is 1. The Morgan fingerprint density at radius 3 is 3.67 bits per heavy atom. The van der Waals surface area contributed by atoms with Gasteiger partial charge in [0.2, 0.25) is 0 Å². The summed E-state index contributed by atoms with van der Waals surface area (Å²) < 4.78 is 2.18. The Bertz CT molecular complexity index is 188. The van der Waals surface area contributed by atoms with E-state index in [2.05, 4.69) is 14.9 Å². The number of imidazole rings is 1. The Morgan fingerprint density at radius 2 is 2.78 bits per heavy atom. The molecule has 0 fully saturated rings. The van der Waals surface area contributed by atoms with E-state index in [1.165, 1.54) is 5.69 Å². The monoisotopic (exact) mass is 125 g/mol. The maximum atomic E-state index is 4.03. The molecule has 3 nitrogen and oxygen atoms in total. The molecular formula is C6H11N3. The average molecular weight is 125 g/mol. The molecule has 0 radical (unpaired) electrons. The molecule has 1 aliphatic heterocycles. The summed E-state index contributed by atoms with van der Waals surface area (Å²) in [6, 6.07) is 0. The predicted molar refractivity (Wildman–Crippen MR) is 36.0 cm³/mol. The summed E-state index contributed by atoms with van der Waals surface area (Å²) in [4.78, 5) is 4.03. The van der Waals surface area contributed by atoms with Crippen LogP contribution in [0.1, 0.15) is 7.12 Å². The lowest BCUT2D eigenvalue weighted by atomic mass is 10.4. The molecule has 1 aromatic heterocycles. The van der Waals surface area contributed by atoms with Gasteiger partial charge in [0.25, 0.3) is 0 Å². The summed E-state index contributed by atoms with van der Waals surface area (Å²) in [6.45, 7) is 3.11. The van der Waals surface area contributed by atoms with E-state index in [-0.39, 0.29) is 1.43 Å². The van der Waals surface area contributed by atoms with Crippen molar-refractivity contribution in [2.75, 3.05) is 6.54 Å². The van der Waals surface area contributed by atoms with Crippen LogP contribution in [0.15, 0.2) is 12.5 Å². The first-order valence-corrected chi connectivity index (χ1v) is 3.16. The van der Waals surface area contributed by atoms with E-state index < -0.39 is 0 Å². The summed E-state index contributed by atoms with van der Waals surface area (Å²) in [5.41, 5.74) is 1.29. The van der Waals surface area contributed by atoms with Gasteiger partial charge in [0, 0.05) is 27.3 Å². The van der Waals surface area contributed by atoms with Crippen LogP contribution in [0.5, 0.6) is 0 Å². The number of aromatic nitrogens is 2. The molecule has 9 heavy (non-hydrogen) atoms. The Morgan fingerprint density at radius 1 is 1.78 bits per heavy atom. The van der Waals surface area contributed by atoms with Crippen molar-refractivity contribution in [1.82, 2.24) is 14.9 Å². The van der Waals surface area contributed by atoms with Gasteiger partial charge in [-0.15, -0.1) is 0 Å². The maximum Gasteiger partial charge on any atom is 0.0949 e. The van der Waals surface area contributed by atoms with Crippen molar-refractivity contribution >= 4 is 0 Å². The quantitative estimate of drug-likeness (QED) is 0.538. The molecule has 1 aliphatic rings. The molecule has 0 unspecified atom stereocenters. The molecule has 1 N–H and O–H groups in total. The second-order valence-corrected chi connectivity index (χ2v) is 2.26. The van der Waals surface area contributed by atoms with Crippen LogP contribution in [0, 0.1) is 0 Å². The van der Waals surface area contributed by atoms with Crippen molar-refractivity contribution in [2.24, 2.45) is 0 Å². The van der Waals surface area contributed by atoms with Crippen molar-refractivity contribution in [3.05, 3.63) is 18.2 Å². The van der Waals surface area contributed by atoms with Crippen LogP contribution < -0.4 is 5.32 Å². The largest absolute Gasteiger partial charge is 0.332 e. The fourth-order valence-corrected chi connectivity index (χ4v) is 1.11. The molecule has 0 saturated heterocycles. The third kappa shape index (κ3) is 0.733. The second kappa shape index (κ2) is 1.84. The first-order valence-electron chi connectivity index (χ1n) is 3.16. The van der Waals surface area contributed by atoms with Crippen molar-refractivity contribution in [2.45, 2.75) is 13.1 Å². The Labute approximate surface area is 55.2 Å². The molecule has 0 atom stereocenters. The van der Waals surface area contributed by atoms with Gasteiger partial charge in [0.05, 0.1) is 12.0 Å². The van der Waals surface area contributed by atoms with Crippen LogP contribution in [-0.2, 0) is 13.1 Å². The van der Waals surface area contributed by atoms with Crippen LogP contribution in [0.2, 0.25) is 0 Å². The third-order valence-corrected chi connectivity index (χ3v) is 1.63. The molecule has 2 heterocycles. The van der Waals surface area contributed by atoms with E-state index in [9.17, 15) is 0 Å². The highest BCUT2D eigenvalue weighted by molar-refractivity contribution is 4.99. The minimum Gasteiger partial charge on any atom is -0.332 e. The van der Waals surface area contributed by atoms with Gasteiger partial charge in [-0.3, -0.25) is 0 Å². The molecule has 3 heteroatoms. The number of nitrogens with one attached hydrogen (secondary N) is 1. The van der Waals surface area contributed by atoms with Gasteiger partial charge in [0.1, 0.15) is 0 Å². The van der Waals surface area contributed by atoms with Crippen molar-refractivity contribution in [1.29, 1.82) is 0 Å². The van der Waals surface area contributed by atoms with Crippen molar-refractivity contribution in [3.63, 3.8) is 0 Å². The highest BCUT2D eigenvalue weighted by Crippen LogP contribution is 2.01. The zero-order valence-electron chi connectivity index (χ0n) is 5.17. The van der Waals surface area contributed by atoms with Crippen molar-refractivity contribution < 1.29 is 1.43 Å². The number of nitrogens with zero attached hydrogens (tertiary/aromatic N) is 2. The minimum atomic E-state index is 0. The standard InChI is InChI=1S/C6H9N3.H2/c1-2-9-5-8-4-6(9)3-7-1;/h4-5,7H,1-3H2;1H. The van der Waals surface area contributed by atoms with Gasteiger partial charge in [-0.25, -0.2) is 4.98 Å². The zero-order chi connectivity index (χ0) is 6.10. The molecule has 0 aromatic carbocycles. The fraction of sp³-hybridized carbons (Fsp3) is 0.500. The van der Waals surface area contributed by atoms with E-state index in [0.717, 1.165) is 19.6 Å². The average Bonchev–Trinajstić information content (AvgIpc) is 2.33. The zero-order valence-corrected chi connectivity index (χ0v) is 5.17. The number of hydrogen-bond acceptors (Lipinski definition) is 2. The molecule has 0 amide bonds. The normalized spacial score (nSPS) is 17.3. The summed E-state index contributed by atoms with van der Waals surface area (Å²) in [7, 11) is 0. The van der Waals surface area contributed by atoms with Gasteiger partial charge in [-0.05, 0) is 0 Å². The van der Waals surface area contributed by atoms with Gasteiger partial charge in [-0.1, -0.05) is 0 Å². The number of fused-ring (bicyclic) bond motifs is 1. The second-order valence-electron chi connectivity index (χ2n) is 2.26. The van der Waals surface area contributed by atoms with E-state index in [4.69, 9.17) is 0 Å². The van der Waals surface area contributed by atoms with E-state index in [1.54, 1.807) is 0 Å².